The van der Waals surface area contributed by atoms with Crippen LogP contribution in [0.3, 0.4) is 0 Å². The summed E-state index contributed by atoms with van der Waals surface area (Å²) in [4.78, 5) is 33.2. The highest BCUT2D eigenvalue weighted by Crippen LogP contribution is 2.47. The summed E-state index contributed by atoms with van der Waals surface area (Å²) in [6.45, 7) is 5.05. The molecule has 3 aliphatic rings. The maximum atomic E-state index is 13.1. The van der Waals surface area contributed by atoms with Crippen molar-refractivity contribution in [2.45, 2.75) is 75.3 Å². The van der Waals surface area contributed by atoms with Gasteiger partial charge in [-0.3, -0.25) is 9.69 Å². The molecule has 10 heteroatoms. The van der Waals surface area contributed by atoms with Gasteiger partial charge in [-0.2, -0.15) is 4.98 Å². The van der Waals surface area contributed by atoms with E-state index in [9.17, 15) is 4.79 Å². The van der Waals surface area contributed by atoms with Crippen molar-refractivity contribution < 1.29 is 14.1 Å². The van der Waals surface area contributed by atoms with E-state index in [1.807, 2.05) is 6.08 Å². The first kappa shape index (κ1) is 24.7. The van der Waals surface area contributed by atoms with E-state index in [4.69, 9.17) is 19.2 Å². The summed E-state index contributed by atoms with van der Waals surface area (Å²) in [6, 6.07) is 3.75. The minimum absolute atomic E-state index is 0.223. The summed E-state index contributed by atoms with van der Waals surface area (Å²) in [5.41, 5.74) is 0.947. The van der Waals surface area contributed by atoms with E-state index < -0.39 is 5.41 Å². The molecule has 10 nitrogen and oxygen atoms in total. The van der Waals surface area contributed by atoms with Gasteiger partial charge < -0.3 is 14.6 Å². The maximum absolute atomic E-state index is 13.1. The molecule has 198 valence electrons. The maximum Gasteiger partial charge on any atom is 0.219 e. The number of rotatable bonds is 7. The molecular weight excluding hydrogens is 482 g/mol. The van der Waals surface area contributed by atoms with Gasteiger partial charge in [0, 0.05) is 24.2 Å². The molecular formula is C28H33N7O3. The highest BCUT2D eigenvalue weighted by atomic mass is 16.5. The summed E-state index contributed by atoms with van der Waals surface area (Å²) in [7, 11) is 2.11. The third kappa shape index (κ3) is 4.47. The van der Waals surface area contributed by atoms with Crippen molar-refractivity contribution in [1.29, 1.82) is 0 Å². The molecule has 2 fully saturated rings. The third-order valence-corrected chi connectivity index (χ3v) is 8.24. The standard InChI is InChI=1S/C28H33N7O3/c1-3-20(19-9-7-15-35(19)2)37-24-16-23(31-22-11-14-29-17-30-22)32-27(33-24)25-18-8-6-13-28(26(18)38-34-25)12-5-4-10-21(28)36/h3,11,14,16-17,19-20H,1,4-10,12-13,15H2,2H3,(H,29,30,31,32,33)/t19-,20-,28+/m0/s1. The predicted molar refractivity (Wildman–Crippen MR) is 141 cm³/mol. The summed E-state index contributed by atoms with van der Waals surface area (Å²) in [5, 5.41) is 7.67. The number of Topliss-reactive ketones (excluding diaryl/α,β-unsaturated/α-hetero) is 1. The van der Waals surface area contributed by atoms with Crippen LogP contribution in [0.5, 0.6) is 5.88 Å². The Kier molecular flexibility index (Phi) is 6.65. The SMILES string of the molecule is C=C[C@H](Oc1cc(Nc2ccncn2)nc(-c2noc3c2CCC[C@@]32CCCCC2=O)n1)[C@@H]1CCCN1C. The zero-order valence-corrected chi connectivity index (χ0v) is 21.7. The molecule has 4 heterocycles. The van der Waals surface area contributed by atoms with Crippen molar-refractivity contribution in [2.75, 3.05) is 18.9 Å². The number of carbonyl (C=O) groups excluding carboxylic acids is 1. The number of likely N-dealkylation sites (tertiary alicyclic amines) is 1. The van der Waals surface area contributed by atoms with E-state index in [1.165, 1.54) is 6.33 Å². The van der Waals surface area contributed by atoms with Gasteiger partial charge in [0.2, 0.25) is 5.88 Å². The number of aromatic nitrogens is 5. The molecule has 3 aromatic rings. The Labute approximate surface area is 221 Å². The fourth-order valence-electron chi connectivity index (χ4n) is 6.29. The number of nitrogens with one attached hydrogen (secondary N) is 1. The van der Waals surface area contributed by atoms with Gasteiger partial charge in [-0.1, -0.05) is 18.2 Å². The van der Waals surface area contributed by atoms with E-state index in [2.05, 4.69) is 39.0 Å². The Morgan fingerprint density at radius 3 is 2.87 bits per heavy atom. The Morgan fingerprint density at radius 2 is 2.11 bits per heavy atom. The minimum atomic E-state index is -0.561. The van der Waals surface area contributed by atoms with Crippen molar-refractivity contribution in [2.24, 2.45) is 0 Å². The van der Waals surface area contributed by atoms with Gasteiger partial charge in [0.1, 0.15) is 29.9 Å². The van der Waals surface area contributed by atoms with Crippen molar-refractivity contribution in [3.05, 3.63) is 48.6 Å². The number of anilines is 2. The minimum Gasteiger partial charge on any atom is -0.468 e. The summed E-state index contributed by atoms with van der Waals surface area (Å²) >= 11 is 0. The van der Waals surface area contributed by atoms with E-state index in [-0.39, 0.29) is 17.9 Å². The molecule has 1 spiro atoms. The largest absolute Gasteiger partial charge is 0.468 e. The Hall–Kier alpha value is -3.66. The summed E-state index contributed by atoms with van der Waals surface area (Å²) in [5.74, 6) is 2.90. The normalized spacial score (nSPS) is 24.2. The zero-order chi connectivity index (χ0) is 26.1. The molecule has 0 bridgehead atoms. The molecule has 1 saturated carbocycles. The summed E-state index contributed by atoms with van der Waals surface area (Å²) in [6.07, 6.45) is 12.8. The lowest BCUT2D eigenvalue weighted by Crippen LogP contribution is -2.41. The van der Waals surface area contributed by atoms with E-state index in [1.54, 1.807) is 18.3 Å². The Morgan fingerprint density at radius 1 is 1.21 bits per heavy atom. The van der Waals surface area contributed by atoms with Gasteiger partial charge in [0.05, 0.1) is 11.5 Å². The van der Waals surface area contributed by atoms with Crippen LogP contribution in [0.15, 0.2) is 41.8 Å². The molecule has 1 saturated heterocycles. The summed E-state index contributed by atoms with van der Waals surface area (Å²) < 4.78 is 12.4. The molecule has 0 aromatic carbocycles. The van der Waals surface area contributed by atoms with Crippen molar-refractivity contribution in [3.8, 4) is 17.4 Å². The molecule has 6 rings (SSSR count). The van der Waals surface area contributed by atoms with Crippen LogP contribution in [0, 0.1) is 0 Å². The lowest BCUT2D eigenvalue weighted by Gasteiger charge is -2.36. The first-order valence-corrected chi connectivity index (χ1v) is 13.5. The molecule has 38 heavy (non-hydrogen) atoms. The highest BCUT2D eigenvalue weighted by molar-refractivity contribution is 5.91. The van der Waals surface area contributed by atoms with Crippen molar-refractivity contribution in [3.63, 3.8) is 0 Å². The van der Waals surface area contributed by atoms with Gasteiger partial charge in [-0.15, -0.1) is 0 Å². The highest BCUT2D eigenvalue weighted by Gasteiger charge is 2.48. The number of hydrogen-bond donors (Lipinski definition) is 1. The second kappa shape index (κ2) is 10.2. The molecule has 0 amide bonds. The number of ketones is 1. The van der Waals surface area contributed by atoms with Crippen LogP contribution in [0.25, 0.3) is 11.5 Å². The second-order valence-electron chi connectivity index (χ2n) is 10.5. The molecule has 1 aliphatic heterocycles. The number of ether oxygens (including phenoxy) is 1. The second-order valence-corrected chi connectivity index (χ2v) is 10.5. The quantitative estimate of drug-likeness (QED) is 0.453. The first-order valence-electron chi connectivity index (χ1n) is 13.5. The first-order chi connectivity index (χ1) is 18.6. The number of hydrogen-bond acceptors (Lipinski definition) is 10. The number of fused-ring (bicyclic) bond motifs is 2. The van der Waals surface area contributed by atoms with Crippen LogP contribution in [0.1, 0.15) is 62.7 Å². The molecule has 0 unspecified atom stereocenters. The monoisotopic (exact) mass is 515 g/mol. The van der Waals surface area contributed by atoms with Crippen molar-refractivity contribution in [1.82, 2.24) is 30.0 Å². The van der Waals surface area contributed by atoms with Crippen molar-refractivity contribution >= 4 is 17.4 Å². The molecule has 0 radical (unpaired) electrons. The zero-order valence-electron chi connectivity index (χ0n) is 21.7. The van der Waals surface area contributed by atoms with Crippen LogP contribution in [-0.2, 0) is 16.6 Å². The number of likely N-dealkylation sites (N-methyl/N-ethyl adjacent to an activating group) is 1. The van der Waals surface area contributed by atoms with Crippen LogP contribution in [0.2, 0.25) is 0 Å². The Bertz CT molecular complexity index is 1330. The van der Waals surface area contributed by atoms with E-state index >= 15 is 0 Å². The average molecular weight is 516 g/mol. The fourth-order valence-corrected chi connectivity index (χ4v) is 6.29. The molecule has 3 aromatic heterocycles. The van der Waals surface area contributed by atoms with Crippen LogP contribution in [0.4, 0.5) is 11.6 Å². The van der Waals surface area contributed by atoms with Gasteiger partial charge in [0.25, 0.3) is 0 Å². The van der Waals surface area contributed by atoms with Gasteiger partial charge >= 0.3 is 0 Å². The van der Waals surface area contributed by atoms with Crippen LogP contribution in [-0.4, -0.2) is 61.5 Å². The number of carbonyl (C=O) groups is 1. The fraction of sp³-hybridized carbons (Fsp3) is 0.500. The van der Waals surface area contributed by atoms with Crippen LogP contribution >= 0.6 is 0 Å². The number of nitrogens with zero attached hydrogens (tertiary/aromatic N) is 6. The third-order valence-electron chi connectivity index (χ3n) is 8.24. The van der Waals surface area contributed by atoms with Crippen LogP contribution < -0.4 is 10.1 Å². The van der Waals surface area contributed by atoms with E-state index in [0.717, 1.165) is 63.5 Å². The van der Waals surface area contributed by atoms with Gasteiger partial charge in [0.15, 0.2) is 17.3 Å². The van der Waals surface area contributed by atoms with Gasteiger partial charge in [-0.05, 0) is 70.7 Å². The van der Waals surface area contributed by atoms with E-state index in [0.29, 0.717) is 41.2 Å². The average Bonchev–Trinajstić information content (AvgIpc) is 3.57. The van der Waals surface area contributed by atoms with Gasteiger partial charge in [-0.25, -0.2) is 15.0 Å². The molecule has 3 atom stereocenters. The molecule has 2 aliphatic carbocycles. The smallest absolute Gasteiger partial charge is 0.219 e. The topological polar surface area (TPSA) is 119 Å². The molecule has 1 N–H and O–H groups in total. The lowest BCUT2D eigenvalue weighted by atomic mass is 9.64. The predicted octanol–water partition coefficient (Wildman–Crippen LogP) is 4.41. The lowest BCUT2D eigenvalue weighted by molar-refractivity contribution is -0.128. The Balaban J connectivity index is 1.39.